The molecule has 0 saturated carbocycles. The first-order chi connectivity index (χ1) is 23.2. The summed E-state index contributed by atoms with van der Waals surface area (Å²) >= 11 is 0. The van der Waals surface area contributed by atoms with Crippen LogP contribution in [0.2, 0.25) is 0 Å². The van der Waals surface area contributed by atoms with Crippen molar-refractivity contribution in [3.05, 3.63) is 125 Å². The minimum absolute atomic E-state index is 0.0146. The van der Waals surface area contributed by atoms with Crippen molar-refractivity contribution < 1.29 is 12.3 Å². The van der Waals surface area contributed by atoms with Gasteiger partial charge in [0.25, 0.3) is 0 Å². The number of aromatic nitrogens is 1. The Balaban J connectivity index is 1.87. The van der Waals surface area contributed by atoms with Gasteiger partial charge in [-0.05, 0) is 87.9 Å². The van der Waals surface area contributed by atoms with Crippen LogP contribution in [0.1, 0.15) is 76.1 Å². The number of rotatable bonds is 3. The lowest BCUT2D eigenvalue weighted by Crippen LogP contribution is -2.17. The molecule has 1 heterocycles. The maximum Gasteiger partial charge on any atom is 0.0632 e. The Morgan fingerprint density at radius 1 is 0.610 bits per heavy atom. The maximum absolute atomic E-state index is 8.95. The molecular formula is C40H41N. The monoisotopic (exact) mass is 544 g/mol. The van der Waals surface area contributed by atoms with Gasteiger partial charge in [0.05, 0.1) is 23.4 Å². The van der Waals surface area contributed by atoms with E-state index >= 15 is 0 Å². The van der Waals surface area contributed by atoms with Gasteiger partial charge in [-0.1, -0.05) is 126 Å². The number of hydrogen-bond acceptors (Lipinski definition) is 0. The zero-order valence-corrected chi connectivity index (χ0v) is 25.1. The smallest absolute Gasteiger partial charge is 0.0632 e. The van der Waals surface area contributed by atoms with Crippen molar-refractivity contribution in [1.82, 2.24) is 4.57 Å². The van der Waals surface area contributed by atoms with Crippen LogP contribution in [-0.2, 0) is 10.8 Å². The number of fused-ring (bicyclic) bond motifs is 3. The van der Waals surface area contributed by atoms with Crippen molar-refractivity contribution in [3.8, 4) is 27.9 Å². The molecule has 6 rings (SSSR count). The number of hydrogen-bond donors (Lipinski definition) is 0. The molecule has 0 amide bonds. The Morgan fingerprint density at radius 2 is 1.24 bits per heavy atom. The highest BCUT2D eigenvalue weighted by atomic mass is 15.0. The van der Waals surface area contributed by atoms with Crippen LogP contribution < -0.4 is 0 Å². The summed E-state index contributed by atoms with van der Waals surface area (Å²) in [6, 6.07) is 13.5. The average molecular weight is 545 g/mol. The van der Waals surface area contributed by atoms with E-state index in [0.29, 0.717) is 27.6 Å². The van der Waals surface area contributed by atoms with Crippen LogP contribution in [0.3, 0.4) is 0 Å². The lowest BCUT2D eigenvalue weighted by molar-refractivity contribution is 0.568. The van der Waals surface area contributed by atoms with E-state index in [0.717, 1.165) is 33.2 Å². The molecule has 5 aromatic carbocycles. The van der Waals surface area contributed by atoms with E-state index in [1.807, 2.05) is 31.2 Å². The highest BCUT2D eigenvalue weighted by Crippen LogP contribution is 2.43. The average Bonchev–Trinajstić information content (AvgIpc) is 3.40. The molecule has 0 atom stereocenters. The molecule has 1 heteroatoms. The molecule has 0 fully saturated rings. The van der Waals surface area contributed by atoms with Crippen LogP contribution in [0.25, 0.3) is 49.7 Å². The lowest BCUT2D eigenvalue weighted by atomic mass is 9.80. The fourth-order valence-electron chi connectivity index (χ4n) is 5.64. The van der Waals surface area contributed by atoms with E-state index in [4.69, 9.17) is 12.3 Å². The molecule has 0 aliphatic rings. The SMILES string of the molecule is [2H]c1c([2H])c([2H])c(-c2cccc3c2c2c(C)c(-c4c([2H])c([2H])c([2H])c(C)c4[2H])ccc2n3-c2cc(C(C)(C)C)cc(C(C)(C)C)c2)c([2H])c1[2H]. The van der Waals surface area contributed by atoms with Crippen LogP contribution in [0.15, 0.2) is 103 Å². The van der Waals surface area contributed by atoms with Gasteiger partial charge in [-0.3, -0.25) is 0 Å². The summed E-state index contributed by atoms with van der Waals surface area (Å²) in [5.74, 6) is 0. The predicted molar refractivity (Wildman–Crippen MR) is 179 cm³/mol. The summed E-state index contributed by atoms with van der Waals surface area (Å²) in [5.41, 5.74) is 6.89. The molecule has 0 bridgehead atoms. The van der Waals surface area contributed by atoms with Gasteiger partial charge in [0.15, 0.2) is 0 Å². The second-order valence-electron chi connectivity index (χ2n) is 12.9. The van der Waals surface area contributed by atoms with Crippen molar-refractivity contribution >= 4 is 21.8 Å². The Labute approximate surface area is 258 Å². The zero-order chi connectivity index (χ0) is 36.9. The predicted octanol–water partition coefficient (Wildman–Crippen LogP) is 11.3. The fraction of sp³-hybridized carbons (Fsp3) is 0.250. The maximum atomic E-state index is 8.95. The normalized spacial score (nSPS) is 15.5. The molecule has 0 aliphatic heterocycles. The summed E-state index contributed by atoms with van der Waals surface area (Å²) in [5, 5.41) is 1.42. The number of aryl methyl sites for hydroxylation is 1. The van der Waals surface area contributed by atoms with Gasteiger partial charge >= 0.3 is 0 Å². The first kappa shape index (κ1) is 18.4. The minimum atomic E-state index is -0.462. The molecule has 0 N–H and O–H groups in total. The van der Waals surface area contributed by atoms with E-state index in [2.05, 4.69) is 64.3 Å². The Bertz CT molecular complexity index is 2320. The van der Waals surface area contributed by atoms with Gasteiger partial charge in [0.1, 0.15) is 0 Å². The standard InChI is InChI=1S/C40H41N/c1-26-14-12-17-29(22-26)33-20-21-36-37(27(33)2)38-34(28-15-10-9-11-16-28)18-13-19-35(38)41(36)32-24-30(39(3,4)5)23-31(25-32)40(6,7)8/h9-25H,1-8H3/i9D,10D,11D,12D,14D,15D,16D,17D,22D. The molecule has 0 aliphatic carbocycles. The largest absolute Gasteiger partial charge is 0.309 e. The van der Waals surface area contributed by atoms with Gasteiger partial charge in [-0.2, -0.15) is 0 Å². The minimum Gasteiger partial charge on any atom is -0.309 e. The Hall–Kier alpha value is -4.10. The highest BCUT2D eigenvalue weighted by molar-refractivity contribution is 6.18. The third-order valence-corrected chi connectivity index (χ3v) is 7.91. The molecule has 0 spiro atoms. The van der Waals surface area contributed by atoms with E-state index in [1.165, 1.54) is 0 Å². The third-order valence-electron chi connectivity index (χ3n) is 7.91. The topological polar surface area (TPSA) is 4.93 Å². The van der Waals surface area contributed by atoms with Crippen LogP contribution >= 0.6 is 0 Å². The van der Waals surface area contributed by atoms with Gasteiger partial charge < -0.3 is 4.57 Å². The third kappa shape index (κ3) is 4.78. The molecule has 0 radical (unpaired) electrons. The lowest BCUT2D eigenvalue weighted by Gasteiger charge is -2.27. The molecule has 1 aromatic heterocycles. The number of nitrogens with zero attached hydrogens (tertiary/aromatic N) is 1. The van der Waals surface area contributed by atoms with E-state index in [-0.39, 0.29) is 58.2 Å². The summed E-state index contributed by atoms with van der Waals surface area (Å²) in [4.78, 5) is 0. The fourth-order valence-corrected chi connectivity index (χ4v) is 5.64. The molecule has 6 aromatic rings. The molecule has 206 valence electrons. The molecule has 41 heavy (non-hydrogen) atoms. The van der Waals surface area contributed by atoms with Crippen LogP contribution in [0.5, 0.6) is 0 Å². The van der Waals surface area contributed by atoms with Crippen molar-refractivity contribution in [2.75, 3.05) is 0 Å². The van der Waals surface area contributed by atoms with Crippen molar-refractivity contribution in [2.24, 2.45) is 0 Å². The summed E-state index contributed by atoms with van der Waals surface area (Å²) in [6.45, 7) is 16.6. The molecule has 0 saturated heterocycles. The van der Waals surface area contributed by atoms with Crippen LogP contribution in [-0.4, -0.2) is 4.57 Å². The van der Waals surface area contributed by atoms with Gasteiger partial charge in [-0.15, -0.1) is 0 Å². The highest BCUT2D eigenvalue weighted by Gasteiger charge is 2.24. The van der Waals surface area contributed by atoms with Crippen molar-refractivity contribution in [3.63, 3.8) is 0 Å². The Kier molecular flexibility index (Phi) is 4.37. The molecular weight excluding hydrogens is 494 g/mol. The van der Waals surface area contributed by atoms with Gasteiger partial charge in [0, 0.05) is 16.5 Å². The molecule has 0 unspecified atom stereocenters. The van der Waals surface area contributed by atoms with Crippen molar-refractivity contribution in [2.45, 2.75) is 66.2 Å². The zero-order valence-electron chi connectivity index (χ0n) is 34.1. The first-order valence-corrected chi connectivity index (χ1v) is 14.1. The Morgan fingerprint density at radius 3 is 1.90 bits per heavy atom. The van der Waals surface area contributed by atoms with Crippen molar-refractivity contribution in [1.29, 1.82) is 0 Å². The summed E-state index contributed by atoms with van der Waals surface area (Å²) < 4.78 is 79.7. The van der Waals surface area contributed by atoms with Crippen LogP contribution in [0, 0.1) is 13.8 Å². The second-order valence-corrected chi connectivity index (χ2v) is 12.9. The van der Waals surface area contributed by atoms with E-state index in [9.17, 15) is 0 Å². The van der Waals surface area contributed by atoms with Gasteiger partial charge in [0.2, 0.25) is 0 Å². The first-order valence-electron chi connectivity index (χ1n) is 18.6. The second kappa shape index (κ2) is 9.77. The summed E-state index contributed by atoms with van der Waals surface area (Å²) in [7, 11) is 0. The summed E-state index contributed by atoms with van der Waals surface area (Å²) in [6.07, 6.45) is 0. The number of benzene rings is 5. The molecule has 1 nitrogen and oxygen atoms in total. The van der Waals surface area contributed by atoms with Gasteiger partial charge in [-0.25, -0.2) is 0 Å². The van der Waals surface area contributed by atoms with E-state index in [1.54, 1.807) is 13.0 Å². The quantitative estimate of drug-likeness (QED) is 0.209. The van der Waals surface area contributed by atoms with E-state index < -0.39 is 18.1 Å². The van der Waals surface area contributed by atoms with Crippen LogP contribution in [0.4, 0.5) is 0 Å².